The monoisotopic (exact) mass is 405 g/mol. The summed E-state index contributed by atoms with van der Waals surface area (Å²) in [5.41, 5.74) is 0.397. The topological polar surface area (TPSA) is 87.7 Å². The summed E-state index contributed by atoms with van der Waals surface area (Å²) < 4.78 is 33.0. The van der Waals surface area contributed by atoms with Crippen LogP contribution in [-0.2, 0) is 14.8 Å². The molecule has 0 bridgehead atoms. The first-order chi connectivity index (χ1) is 13.1. The van der Waals surface area contributed by atoms with Crippen LogP contribution < -0.4 is 14.9 Å². The van der Waals surface area contributed by atoms with Crippen molar-refractivity contribution in [2.75, 3.05) is 18.0 Å². The standard InChI is InChI=1S/C20H27N3O4S/c1-20(2,3)27-19(24)21-16-13-23(14-16)17-9-11-18(12-10-17)28(25,26)22-15-7-5-4-6-8-15/h4-7,9-12,15-16,22H,8,13-14H2,1-3H3,(H,21,24). The fourth-order valence-corrected chi connectivity index (χ4v) is 4.23. The third kappa shape index (κ3) is 5.36. The molecule has 1 aliphatic carbocycles. The minimum atomic E-state index is -3.56. The molecule has 1 unspecified atom stereocenters. The van der Waals surface area contributed by atoms with Gasteiger partial charge in [0, 0.05) is 24.8 Å². The Morgan fingerprint density at radius 3 is 2.39 bits per heavy atom. The van der Waals surface area contributed by atoms with Crippen LogP contribution in [0.4, 0.5) is 10.5 Å². The Labute approximate surface area is 166 Å². The summed E-state index contributed by atoms with van der Waals surface area (Å²) in [5, 5.41) is 2.83. The van der Waals surface area contributed by atoms with Gasteiger partial charge in [0.15, 0.2) is 0 Å². The number of alkyl carbamates (subject to hydrolysis) is 1. The molecule has 8 heteroatoms. The minimum Gasteiger partial charge on any atom is -0.444 e. The lowest BCUT2D eigenvalue weighted by atomic mass is 10.1. The van der Waals surface area contributed by atoms with E-state index in [2.05, 4.69) is 14.9 Å². The van der Waals surface area contributed by atoms with Crippen molar-refractivity contribution in [2.45, 2.75) is 49.8 Å². The molecule has 1 fully saturated rings. The number of hydrogen-bond acceptors (Lipinski definition) is 5. The van der Waals surface area contributed by atoms with Crippen LogP contribution in [0.5, 0.6) is 0 Å². The molecule has 1 atom stereocenters. The Balaban J connectivity index is 1.52. The Bertz CT molecular complexity index is 864. The zero-order valence-electron chi connectivity index (χ0n) is 16.4. The zero-order chi connectivity index (χ0) is 20.4. The maximum Gasteiger partial charge on any atom is 0.407 e. The number of amides is 1. The molecule has 1 heterocycles. The van der Waals surface area contributed by atoms with E-state index >= 15 is 0 Å². The predicted molar refractivity (Wildman–Crippen MR) is 109 cm³/mol. The molecule has 28 heavy (non-hydrogen) atoms. The maximum absolute atomic E-state index is 12.5. The number of ether oxygens (including phenoxy) is 1. The Kier molecular flexibility index (Phi) is 5.81. The van der Waals surface area contributed by atoms with Gasteiger partial charge >= 0.3 is 6.09 Å². The molecule has 1 aliphatic heterocycles. The van der Waals surface area contributed by atoms with Gasteiger partial charge in [0.25, 0.3) is 0 Å². The van der Waals surface area contributed by atoms with Crippen LogP contribution in [0.1, 0.15) is 27.2 Å². The molecule has 2 aliphatic rings. The van der Waals surface area contributed by atoms with Gasteiger partial charge in [-0.05, 0) is 51.5 Å². The minimum absolute atomic E-state index is 0.0195. The summed E-state index contributed by atoms with van der Waals surface area (Å²) >= 11 is 0. The predicted octanol–water partition coefficient (Wildman–Crippen LogP) is 2.56. The lowest BCUT2D eigenvalue weighted by Crippen LogP contribution is -2.60. The van der Waals surface area contributed by atoms with E-state index in [0.717, 1.165) is 5.69 Å². The lowest BCUT2D eigenvalue weighted by molar-refractivity contribution is 0.0496. The highest BCUT2D eigenvalue weighted by molar-refractivity contribution is 7.89. The third-order valence-electron chi connectivity index (χ3n) is 4.40. The van der Waals surface area contributed by atoms with Gasteiger partial charge in [-0.2, -0.15) is 0 Å². The number of carbonyl (C=O) groups excluding carboxylic acids is 1. The van der Waals surface area contributed by atoms with Crippen molar-refractivity contribution < 1.29 is 17.9 Å². The van der Waals surface area contributed by atoms with Crippen LogP contribution in [0.3, 0.4) is 0 Å². The lowest BCUT2D eigenvalue weighted by Gasteiger charge is -2.41. The van der Waals surface area contributed by atoms with E-state index in [1.165, 1.54) is 0 Å². The molecular formula is C20H27N3O4S. The molecule has 1 aromatic carbocycles. The Morgan fingerprint density at radius 1 is 1.14 bits per heavy atom. The van der Waals surface area contributed by atoms with Crippen molar-refractivity contribution in [3.63, 3.8) is 0 Å². The van der Waals surface area contributed by atoms with Gasteiger partial charge in [0.1, 0.15) is 5.60 Å². The Morgan fingerprint density at radius 2 is 1.82 bits per heavy atom. The number of hydrogen-bond donors (Lipinski definition) is 2. The normalized spacial score (nSPS) is 20.0. The number of carbonyl (C=O) groups is 1. The molecule has 1 aromatic rings. The van der Waals surface area contributed by atoms with Crippen LogP contribution in [0.15, 0.2) is 53.5 Å². The van der Waals surface area contributed by atoms with Gasteiger partial charge in [-0.3, -0.25) is 0 Å². The molecule has 2 N–H and O–H groups in total. The highest BCUT2D eigenvalue weighted by atomic mass is 32.2. The number of sulfonamides is 1. The quantitative estimate of drug-likeness (QED) is 0.786. The van der Waals surface area contributed by atoms with E-state index in [1.54, 1.807) is 24.3 Å². The summed E-state index contributed by atoms with van der Waals surface area (Å²) in [6, 6.07) is 6.59. The van der Waals surface area contributed by atoms with Crippen LogP contribution in [0.25, 0.3) is 0 Å². The van der Waals surface area contributed by atoms with E-state index in [-0.39, 0.29) is 17.0 Å². The van der Waals surface area contributed by atoms with Crippen LogP contribution in [0, 0.1) is 0 Å². The average Bonchev–Trinajstić information content (AvgIpc) is 2.57. The van der Waals surface area contributed by atoms with E-state index in [0.29, 0.717) is 19.5 Å². The molecule has 7 nitrogen and oxygen atoms in total. The molecule has 3 rings (SSSR count). The summed E-state index contributed by atoms with van der Waals surface area (Å²) in [6.45, 7) is 6.79. The second-order valence-electron chi connectivity index (χ2n) is 8.02. The first-order valence-corrected chi connectivity index (χ1v) is 10.8. The second kappa shape index (κ2) is 7.97. The molecule has 152 valence electrons. The van der Waals surface area contributed by atoms with Crippen molar-refractivity contribution in [1.82, 2.24) is 10.0 Å². The van der Waals surface area contributed by atoms with E-state index in [4.69, 9.17) is 4.74 Å². The molecule has 0 radical (unpaired) electrons. The number of nitrogens with one attached hydrogen (secondary N) is 2. The SMILES string of the molecule is CC(C)(C)OC(=O)NC1CN(c2ccc(S(=O)(=O)NC3C=CC=CC3)cc2)C1. The number of nitrogens with zero attached hydrogens (tertiary/aromatic N) is 1. The highest BCUT2D eigenvalue weighted by Gasteiger charge is 2.30. The summed E-state index contributed by atoms with van der Waals surface area (Å²) in [6.07, 6.45) is 7.73. The molecule has 0 spiro atoms. The molecular weight excluding hydrogens is 378 g/mol. The van der Waals surface area contributed by atoms with Crippen molar-refractivity contribution >= 4 is 21.8 Å². The van der Waals surface area contributed by atoms with Crippen molar-refractivity contribution in [2.24, 2.45) is 0 Å². The first kappa shape index (κ1) is 20.4. The third-order valence-corrected chi connectivity index (χ3v) is 5.91. The number of allylic oxidation sites excluding steroid dienone is 2. The van der Waals surface area contributed by atoms with Gasteiger partial charge in [-0.25, -0.2) is 17.9 Å². The smallest absolute Gasteiger partial charge is 0.407 e. The van der Waals surface area contributed by atoms with Gasteiger partial charge in [-0.1, -0.05) is 24.3 Å². The number of anilines is 1. The Hall–Kier alpha value is -2.32. The molecule has 0 saturated carbocycles. The number of rotatable bonds is 5. The van der Waals surface area contributed by atoms with Gasteiger partial charge in [0.2, 0.25) is 10.0 Å². The second-order valence-corrected chi connectivity index (χ2v) is 9.73. The van der Waals surface area contributed by atoms with Crippen molar-refractivity contribution in [3.8, 4) is 0 Å². The van der Waals surface area contributed by atoms with Crippen LogP contribution in [-0.4, -0.2) is 45.3 Å². The van der Waals surface area contributed by atoms with E-state index in [9.17, 15) is 13.2 Å². The molecule has 1 amide bonds. The fraction of sp³-hybridized carbons (Fsp3) is 0.450. The van der Waals surface area contributed by atoms with Crippen molar-refractivity contribution in [3.05, 3.63) is 48.6 Å². The molecule has 0 aromatic heterocycles. The zero-order valence-corrected chi connectivity index (χ0v) is 17.2. The van der Waals surface area contributed by atoms with Gasteiger partial charge in [-0.15, -0.1) is 0 Å². The summed E-state index contributed by atoms with van der Waals surface area (Å²) in [4.78, 5) is 14.1. The number of benzene rings is 1. The fourth-order valence-electron chi connectivity index (χ4n) is 3.03. The van der Waals surface area contributed by atoms with Gasteiger partial charge < -0.3 is 15.0 Å². The van der Waals surface area contributed by atoms with E-state index < -0.39 is 21.7 Å². The first-order valence-electron chi connectivity index (χ1n) is 9.33. The van der Waals surface area contributed by atoms with Crippen LogP contribution >= 0.6 is 0 Å². The summed E-state index contributed by atoms with van der Waals surface area (Å²) in [7, 11) is -3.56. The van der Waals surface area contributed by atoms with E-state index in [1.807, 2.05) is 45.1 Å². The largest absolute Gasteiger partial charge is 0.444 e. The van der Waals surface area contributed by atoms with Crippen molar-refractivity contribution in [1.29, 1.82) is 0 Å². The highest BCUT2D eigenvalue weighted by Crippen LogP contribution is 2.23. The van der Waals surface area contributed by atoms with Crippen LogP contribution in [0.2, 0.25) is 0 Å². The summed E-state index contributed by atoms with van der Waals surface area (Å²) in [5.74, 6) is 0. The maximum atomic E-state index is 12.5. The van der Waals surface area contributed by atoms with Gasteiger partial charge in [0.05, 0.1) is 10.9 Å². The molecule has 1 saturated heterocycles. The average molecular weight is 406 g/mol.